The highest BCUT2D eigenvalue weighted by Crippen LogP contribution is 2.52. The number of anilines is 2. The van der Waals surface area contributed by atoms with E-state index in [2.05, 4.69) is 10.4 Å². The first-order valence-corrected chi connectivity index (χ1v) is 11.7. The van der Waals surface area contributed by atoms with Gasteiger partial charge >= 0.3 is 0 Å². The van der Waals surface area contributed by atoms with Crippen molar-refractivity contribution in [2.45, 2.75) is 19.0 Å². The molecule has 2 fully saturated rings. The molecule has 3 amide bonds. The zero-order valence-electron chi connectivity index (χ0n) is 18.8. The third kappa shape index (κ3) is 3.34. The maximum atomic E-state index is 13.8. The summed E-state index contributed by atoms with van der Waals surface area (Å²) in [5.74, 6) is -2.70. The topological polar surface area (TPSA) is 82.1 Å². The van der Waals surface area contributed by atoms with E-state index in [0.29, 0.717) is 16.4 Å². The number of nitrogens with one attached hydrogen (secondary N) is 1. The Hall–Kier alpha value is -3.97. The summed E-state index contributed by atoms with van der Waals surface area (Å²) in [4.78, 5) is 42.4. The van der Waals surface area contributed by atoms with Crippen LogP contribution < -0.4 is 10.2 Å². The average molecular weight is 485 g/mol. The first kappa shape index (κ1) is 21.6. The van der Waals surface area contributed by atoms with Gasteiger partial charge in [-0.2, -0.15) is 5.10 Å². The molecule has 3 heterocycles. The van der Waals surface area contributed by atoms with E-state index >= 15 is 0 Å². The minimum absolute atomic E-state index is 0.312. The fourth-order valence-electron chi connectivity index (χ4n) is 5.37. The molecule has 0 unspecified atom stereocenters. The molecule has 0 aliphatic carbocycles. The number of imide groups is 1. The van der Waals surface area contributed by atoms with Gasteiger partial charge in [-0.15, -0.1) is 0 Å². The molecular formula is C27H21ClN4O3. The van der Waals surface area contributed by atoms with Crippen molar-refractivity contribution in [1.29, 1.82) is 0 Å². The van der Waals surface area contributed by atoms with Gasteiger partial charge in [0.2, 0.25) is 17.7 Å². The van der Waals surface area contributed by atoms with E-state index in [-0.39, 0.29) is 11.8 Å². The van der Waals surface area contributed by atoms with Crippen LogP contribution in [-0.2, 0) is 14.4 Å². The zero-order valence-corrected chi connectivity index (χ0v) is 19.5. The Morgan fingerprint density at radius 3 is 2.34 bits per heavy atom. The van der Waals surface area contributed by atoms with E-state index < -0.39 is 29.8 Å². The predicted octanol–water partition coefficient (Wildman–Crippen LogP) is 4.17. The highest BCUT2D eigenvalue weighted by Gasteiger charge is 2.65. The number of aryl methyl sites for hydroxylation is 1. The molecule has 174 valence electrons. The Bertz CT molecular complexity index is 1390. The van der Waals surface area contributed by atoms with Crippen molar-refractivity contribution in [1.82, 2.24) is 5.01 Å². The lowest BCUT2D eigenvalue weighted by Crippen LogP contribution is -2.46. The number of benzene rings is 3. The second-order valence-electron chi connectivity index (χ2n) is 9.04. The maximum absolute atomic E-state index is 13.8. The summed E-state index contributed by atoms with van der Waals surface area (Å²) >= 11 is 5.98. The van der Waals surface area contributed by atoms with Crippen LogP contribution in [0.2, 0.25) is 5.02 Å². The molecule has 3 aromatic carbocycles. The molecule has 3 aliphatic rings. The summed E-state index contributed by atoms with van der Waals surface area (Å²) in [6.45, 7) is 1.94. The fourth-order valence-corrected chi connectivity index (χ4v) is 5.49. The Morgan fingerprint density at radius 2 is 1.60 bits per heavy atom. The third-order valence-electron chi connectivity index (χ3n) is 6.97. The summed E-state index contributed by atoms with van der Waals surface area (Å²) < 4.78 is 0. The van der Waals surface area contributed by atoms with Crippen LogP contribution in [0.1, 0.15) is 22.7 Å². The Kier molecular flexibility index (Phi) is 4.96. The summed E-state index contributed by atoms with van der Waals surface area (Å²) in [7, 11) is 0. The van der Waals surface area contributed by atoms with E-state index in [1.807, 2.05) is 43.3 Å². The van der Waals surface area contributed by atoms with Crippen molar-refractivity contribution in [2.75, 3.05) is 10.2 Å². The molecule has 3 aromatic rings. The highest BCUT2D eigenvalue weighted by atomic mass is 35.5. The number of amides is 3. The molecule has 4 atom stereocenters. The molecule has 0 spiro atoms. The van der Waals surface area contributed by atoms with Gasteiger partial charge in [-0.25, -0.2) is 4.90 Å². The van der Waals surface area contributed by atoms with E-state index in [4.69, 9.17) is 11.6 Å². The van der Waals surface area contributed by atoms with Gasteiger partial charge in [-0.1, -0.05) is 53.6 Å². The molecule has 1 N–H and O–H groups in total. The second kappa shape index (κ2) is 8.06. The van der Waals surface area contributed by atoms with Gasteiger partial charge in [-0.05, 0) is 54.4 Å². The van der Waals surface area contributed by atoms with Crippen LogP contribution in [0.15, 0.2) is 77.9 Å². The molecule has 2 saturated heterocycles. The molecule has 3 aliphatic heterocycles. The standard InChI is InChI=1S/C27H21ClN4O3/c1-15-6-12-19(13-7-15)31-26(34)21-22(27(31)35)24(25(33)30-18-10-8-17(28)9-11-18)32-23(21)20-5-3-2-4-16(20)14-29-32/h2-14,21-24H,1H3,(H,30,33)/t21-,22+,23+,24-/m1/s1. The van der Waals surface area contributed by atoms with Crippen LogP contribution in [0.25, 0.3) is 0 Å². The van der Waals surface area contributed by atoms with Gasteiger partial charge in [0.1, 0.15) is 6.04 Å². The van der Waals surface area contributed by atoms with Crippen molar-refractivity contribution in [2.24, 2.45) is 16.9 Å². The van der Waals surface area contributed by atoms with E-state index in [1.54, 1.807) is 47.6 Å². The monoisotopic (exact) mass is 484 g/mol. The van der Waals surface area contributed by atoms with Crippen molar-refractivity contribution in [3.63, 3.8) is 0 Å². The van der Waals surface area contributed by atoms with Gasteiger partial charge in [0, 0.05) is 10.7 Å². The fraction of sp³-hybridized carbons (Fsp3) is 0.185. The Labute approximate surface area is 207 Å². The molecule has 0 bridgehead atoms. The van der Waals surface area contributed by atoms with Crippen molar-refractivity contribution in [3.8, 4) is 0 Å². The van der Waals surface area contributed by atoms with Crippen LogP contribution >= 0.6 is 11.6 Å². The number of hydrogen-bond acceptors (Lipinski definition) is 5. The van der Waals surface area contributed by atoms with Gasteiger partial charge in [0.25, 0.3) is 0 Å². The van der Waals surface area contributed by atoms with Gasteiger partial charge in [0.05, 0.1) is 29.8 Å². The minimum Gasteiger partial charge on any atom is -0.324 e. The van der Waals surface area contributed by atoms with E-state index in [1.165, 1.54) is 4.90 Å². The number of carbonyl (C=O) groups is 3. The third-order valence-corrected chi connectivity index (χ3v) is 7.22. The van der Waals surface area contributed by atoms with E-state index in [0.717, 1.165) is 16.7 Å². The molecule has 6 rings (SSSR count). The average Bonchev–Trinajstić information content (AvgIpc) is 3.34. The number of fused-ring (bicyclic) bond motifs is 5. The Balaban J connectivity index is 1.43. The first-order valence-electron chi connectivity index (χ1n) is 11.4. The van der Waals surface area contributed by atoms with Crippen LogP contribution in [0.4, 0.5) is 11.4 Å². The molecule has 7 nitrogen and oxygen atoms in total. The van der Waals surface area contributed by atoms with Crippen molar-refractivity contribution >= 4 is 46.9 Å². The van der Waals surface area contributed by atoms with Crippen molar-refractivity contribution in [3.05, 3.63) is 94.5 Å². The maximum Gasteiger partial charge on any atom is 0.249 e. The van der Waals surface area contributed by atoms with Crippen LogP contribution in [0, 0.1) is 18.8 Å². The molecule has 0 aromatic heterocycles. The smallest absolute Gasteiger partial charge is 0.249 e. The SMILES string of the molecule is Cc1ccc(N2C(=O)[C@@H]3[C@H](C2=O)[C@H](C(=O)Nc2ccc(Cl)cc2)N2N=Cc4ccccc4[C@@H]32)cc1. The van der Waals surface area contributed by atoms with Gasteiger partial charge < -0.3 is 5.32 Å². The molecule has 0 saturated carbocycles. The number of halogens is 1. The van der Waals surface area contributed by atoms with E-state index in [9.17, 15) is 14.4 Å². The predicted molar refractivity (Wildman–Crippen MR) is 133 cm³/mol. The summed E-state index contributed by atoms with van der Waals surface area (Å²) in [5.41, 5.74) is 3.84. The number of hydrogen-bond donors (Lipinski definition) is 1. The van der Waals surface area contributed by atoms with Gasteiger partial charge in [-0.3, -0.25) is 19.4 Å². The summed E-state index contributed by atoms with van der Waals surface area (Å²) in [5, 5.41) is 9.62. The largest absolute Gasteiger partial charge is 0.324 e. The number of carbonyl (C=O) groups excluding carboxylic acids is 3. The molecular weight excluding hydrogens is 464 g/mol. The summed E-state index contributed by atoms with van der Waals surface area (Å²) in [6.07, 6.45) is 1.68. The first-order chi connectivity index (χ1) is 16.9. The normalized spacial score (nSPS) is 24.3. The zero-order chi connectivity index (χ0) is 24.3. The number of rotatable bonds is 3. The lowest BCUT2D eigenvalue weighted by atomic mass is 9.85. The molecule has 35 heavy (non-hydrogen) atoms. The highest BCUT2D eigenvalue weighted by molar-refractivity contribution is 6.30. The van der Waals surface area contributed by atoms with Crippen LogP contribution in [0.5, 0.6) is 0 Å². The quantitative estimate of drug-likeness (QED) is 0.566. The van der Waals surface area contributed by atoms with Crippen LogP contribution in [-0.4, -0.2) is 35.0 Å². The number of nitrogens with zero attached hydrogens (tertiary/aromatic N) is 3. The second-order valence-corrected chi connectivity index (χ2v) is 9.47. The summed E-state index contributed by atoms with van der Waals surface area (Å²) in [6, 6.07) is 20.2. The number of hydrazone groups is 1. The van der Waals surface area contributed by atoms with Crippen molar-refractivity contribution < 1.29 is 14.4 Å². The Morgan fingerprint density at radius 1 is 0.914 bits per heavy atom. The van der Waals surface area contributed by atoms with Gasteiger partial charge in [0.15, 0.2) is 0 Å². The molecule has 0 radical (unpaired) electrons. The molecule has 8 heteroatoms. The minimum atomic E-state index is -0.947. The van der Waals surface area contributed by atoms with Crippen LogP contribution in [0.3, 0.4) is 0 Å². The lowest BCUT2D eigenvalue weighted by molar-refractivity contribution is -0.129. The lowest BCUT2D eigenvalue weighted by Gasteiger charge is -2.33.